The Morgan fingerprint density at radius 3 is 2.00 bits per heavy atom. The first kappa shape index (κ1) is 33.9. The lowest BCUT2D eigenvalue weighted by Gasteiger charge is -2.47. The molecular formula is C38H68OSi. The molecule has 3 rings (SSSR count). The van der Waals surface area contributed by atoms with E-state index in [2.05, 4.69) is 107 Å². The standard InChI is InChI=1S/C38H68OSi/c1-28(2)33-26-34-31(29-20-22-30(23-21-29)37(6,7)8)18-17-19-32(34)35(33)40(12,27-36(3,4)5)25-16-14-13-15-24-39-38(9,10)11/h20-23,28,31-35H,13-19,24-27H2,1-12H3. The lowest BCUT2D eigenvalue weighted by molar-refractivity contribution is -0.00471. The Kier molecular flexibility index (Phi) is 11.3. The molecule has 0 bridgehead atoms. The maximum Gasteiger partial charge on any atom is 0.0598 e. The van der Waals surface area contributed by atoms with Gasteiger partial charge in [0.25, 0.3) is 0 Å². The van der Waals surface area contributed by atoms with Crippen molar-refractivity contribution in [2.24, 2.45) is 29.1 Å². The highest BCUT2D eigenvalue weighted by molar-refractivity contribution is 6.80. The number of hydrogen-bond donors (Lipinski definition) is 0. The Hall–Kier alpha value is -0.603. The largest absolute Gasteiger partial charge is 0.376 e. The van der Waals surface area contributed by atoms with E-state index in [0.29, 0.717) is 5.41 Å². The molecule has 0 spiro atoms. The second kappa shape index (κ2) is 13.4. The van der Waals surface area contributed by atoms with E-state index in [-0.39, 0.29) is 11.0 Å². The normalized spacial score (nSPS) is 27.6. The molecular weight excluding hydrogens is 501 g/mol. The summed E-state index contributed by atoms with van der Waals surface area (Å²) in [7, 11) is -1.48. The van der Waals surface area contributed by atoms with Gasteiger partial charge in [0.15, 0.2) is 0 Å². The molecule has 0 aliphatic heterocycles. The van der Waals surface area contributed by atoms with Crippen LogP contribution in [0, 0.1) is 29.1 Å². The topological polar surface area (TPSA) is 9.23 Å². The summed E-state index contributed by atoms with van der Waals surface area (Å²) in [5, 5.41) is 0. The highest BCUT2D eigenvalue weighted by Gasteiger charge is 2.55. The first-order valence-electron chi connectivity index (χ1n) is 17.2. The SMILES string of the molecule is CC(C)C1CC2C(c3ccc(C(C)(C)C)cc3)CCCC2C1[Si](C)(CCCCCCOC(C)(C)C)CC(C)(C)C. The summed E-state index contributed by atoms with van der Waals surface area (Å²) in [5.41, 5.74) is 4.77. The molecule has 0 radical (unpaired) electrons. The van der Waals surface area contributed by atoms with E-state index < -0.39 is 8.07 Å². The van der Waals surface area contributed by atoms with Crippen molar-refractivity contribution < 1.29 is 4.74 Å². The zero-order valence-corrected chi connectivity index (χ0v) is 30.0. The van der Waals surface area contributed by atoms with Gasteiger partial charge in [-0.15, -0.1) is 0 Å². The molecule has 1 aromatic rings. The highest BCUT2D eigenvalue weighted by Crippen LogP contribution is 2.63. The van der Waals surface area contributed by atoms with Crippen molar-refractivity contribution in [3.63, 3.8) is 0 Å². The third kappa shape index (κ3) is 9.20. The maximum atomic E-state index is 6.00. The van der Waals surface area contributed by atoms with Gasteiger partial charge >= 0.3 is 0 Å². The molecule has 1 aromatic carbocycles. The first-order valence-corrected chi connectivity index (χ1v) is 20.1. The van der Waals surface area contributed by atoms with Crippen LogP contribution in [0.2, 0.25) is 24.2 Å². The van der Waals surface area contributed by atoms with Crippen LogP contribution in [0.15, 0.2) is 24.3 Å². The molecule has 2 fully saturated rings. The molecule has 6 unspecified atom stereocenters. The fraction of sp³-hybridized carbons (Fsp3) is 0.842. The van der Waals surface area contributed by atoms with E-state index >= 15 is 0 Å². The third-order valence-corrected chi connectivity index (χ3v) is 16.4. The Morgan fingerprint density at radius 1 is 0.825 bits per heavy atom. The van der Waals surface area contributed by atoms with Gasteiger partial charge < -0.3 is 4.74 Å². The Balaban J connectivity index is 1.79. The first-order chi connectivity index (χ1) is 18.4. The van der Waals surface area contributed by atoms with Crippen LogP contribution in [0.25, 0.3) is 0 Å². The molecule has 0 aromatic heterocycles. The number of benzene rings is 1. The predicted molar refractivity (Wildman–Crippen MR) is 180 cm³/mol. The van der Waals surface area contributed by atoms with Gasteiger partial charge in [0, 0.05) is 6.61 Å². The molecule has 0 saturated heterocycles. The molecule has 2 saturated carbocycles. The average molecular weight is 569 g/mol. The minimum absolute atomic E-state index is 0.00441. The van der Waals surface area contributed by atoms with Crippen molar-refractivity contribution >= 4 is 8.07 Å². The van der Waals surface area contributed by atoms with Crippen molar-refractivity contribution in [2.75, 3.05) is 6.61 Å². The van der Waals surface area contributed by atoms with Crippen LogP contribution in [0.3, 0.4) is 0 Å². The Labute approximate surface area is 252 Å². The fourth-order valence-corrected chi connectivity index (χ4v) is 16.4. The fourth-order valence-electron chi connectivity index (χ4n) is 9.18. The number of fused-ring (bicyclic) bond motifs is 1. The third-order valence-electron chi connectivity index (χ3n) is 10.6. The van der Waals surface area contributed by atoms with Gasteiger partial charge in [0.2, 0.25) is 0 Å². The molecule has 230 valence electrons. The van der Waals surface area contributed by atoms with Gasteiger partial charge in [-0.3, -0.25) is 0 Å². The molecule has 2 aliphatic rings. The van der Waals surface area contributed by atoms with Gasteiger partial charge in [-0.05, 0) is 97.1 Å². The van der Waals surface area contributed by atoms with Crippen LogP contribution in [0.4, 0.5) is 0 Å². The molecule has 0 N–H and O–H groups in total. The second-order valence-electron chi connectivity index (χ2n) is 17.9. The smallest absolute Gasteiger partial charge is 0.0598 e. The molecule has 1 nitrogen and oxygen atoms in total. The van der Waals surface area contributed by atoms with Crippen molar-refractivity contribution in [3.8, 4) is 0 Å². The van der Waals surface area contributed by atoms with Crippen molar-refractivity contribution in [1.29, 1.82) is 0 Å². The zero-order valence-electron chi connectivity index (χ0n) is 29.0. The van der Waals surface area contributed by atoms with Crippen molar-refractivity contribution in [2.45, 2.75) is 169 Å². The van der Waals surface area contributed by atoms with E-state index in [1.165, 1.54) is 69.0 Å². The number of hydrogen-bond acceptors (Lipinski definition) is 1. The van der Waals surface area contributed by atoms with Crippen LogP contribution >= 0.6 is 0 Å². The molecule has 0 heterocycles. The second-order valence-corrected chi connectivity index (χ2v) is 22.8. The van der Waals surface area contributed by atoms with Crippen molar-refractivity contribution in [1.82, 2.24) is 0 Å². The lowest BCUT2D eigenvalue weighted by atomic mass is 9.70. The van der Waals surface area contributed by atoms with Gasteiger partial charge in [-0.1, -0.05) is 130 Å². The summed E-state index contributed by atoms with van der Waals surface area (Å²) in [4.78, 5) is 0. The summed E-state index contributed by atoms with van der Waals surface area (Å²) < 4.78 is 6.00. The molecule has 2 aliphatic carbocycles. The van der Waals surface area contributed by atoms with Gasteiger partial charge in [0.1, 0.15) is 0 Å². The number of ether oxygens (including phenoxy) is 1. The number of rotatable bonds is 11. The average Bonchev–Trinajstić information content (AvgIpc) is 3.22. The minimum atomic E-state index is -1.48. The maximum absolute atomic E-state index is 6.00. The van der Waals surface area contributed by atoms with Crippen LogP contribution in [0.5, 0.6) is 0 Å². The summed E-state index contributed by atoms with van der Waals surface area (Å²) in [6, 6.07) is 12.9. The zero-order chi connectivity index (χ0) is 29.9. The predicted octanol–water partition coefficient (Wildman–Crippen LogP) is 12.0. The summed E-state index contributed by atoms with van der Waals surface area (Å²) >= 11 is 0. The quantitative estimate of drug-likeness (QED) is 0.190. The molecule has 2 heteroatoms. The molecule has 0 amide bonds. The molecule has 40 heavy (non-hydrogen) atoms. The summed E-state index contributed by atoms with van der Waals surface area (Å²) in [6.45, 7) is 30.0. The molecule has 6 atom stereocenters. The summed E-state index contributed by atoms with van der Waals surface area (Å²) in [6.07, 6.45) is 11.2. The number of unbranched alkanes of at least 4 members (excludes halogenated alkanes) is 3. The van der Waals surface area contributed by atoms with Gasteiger partial charge in [-0.2, -0.15) is 0 Å². The summed E-state index contributed by atoms with van der Waals surface area (Å²) in [5.74, 6) is 4.35. The van der Waals surface area contributed by atoms with E-state index in [9.17, 15) is 0 Å². The Bertz CT molecular complexity index is 895. The van der Waals surface area contributed by atoms with Crippen LogP contribution < -0.4 is 0 Å². The van der Waals surface area contributed by atoms with E-state index in [0.717, 1.165) is 41.7 Å². The van der Waals surface area contributed by atoms with Crippen LogP contribution in [-0.4, -0.2) is 20.3 Å². The van der Waals surface area contributed by atoms with E-state index in [4.69, 9.17) is 4.74 Å². The van der Waals surface area contributed by atoms with E-state index in [1.54, 1.807) is 5.56 Å². The van der Waals surface area contributed by atoms with Gasteiger partial charge in [-0.25, -0.2) is 0 Å². The Morgan fingerprint density at radius 2 is 1.45 bits per heavy atom. The van der Waals surface area contributed by atoms with Crippen LogP contribution in [-0.2, 0) is 10.2 Å². The minimum Gasteiger partial charge on any atom is -0.376 e. The van der Waals surface area contributed by atoms with E-state index in [1.807, 2.05) is 0 Å². The monoisotopic (exact) mass is 569 g/mol. The lowest BCUT2D eigenvalue weighted by Crippen LogP contribution is -2.45. The highest BCUT2D eigenvalue weighted by atomic mass is 28.3. The van der Waals surface area contributed by atoms with Crippen LogP contribution in [0.1, 0.15) is 145 Å². The van der Waals surface area contributed by atoms with Crippen molar-refractivity contribution in [3.05, 3.63) is 35.4 Å². The van der Waals surface area contributed by atoms with Gasteiger partial charge in [0.05, 0.1) is 13.7 Å².